The molecule has 5 nitrogen and oxygen atoms in total. The number of fused-ring (bicyclic) bond motifs is 1. The Morgan fingerprint density at radius 2 is 2.14 bits per heavy atom. The first-order valence-corrected chi connectivity index (χ1v) is 8.52. The predicted molar refractivity (Wildman–Crippen MR) is 86.3 cm³/mol. The molecular formula is C16H23NO4S. The molecular weight excluding hydrogens is 302 g/mol. The quantitative estimate of drug-likeness (QED) is 0.843. The van der Waals surface area contributed by atoms with Crippen molar-refractivity contribution in [3.63, 3.8) is 0 Å². The van der Waals surface area contributed by atoms with Crippen molar-refractivity contribution in [1.29, 1.82) is 0 Å². The van der Waals surface area contributed by atoms with E-state index in [1.807, 2.05) is 0 Å². The lowest BCUT2D eigenvalue weighted by atomic mass is 9.94. The van der Waals surface area contributed by atoms with E-state index in [4.69, 9.17) is 9.47 Å². The molecule has 0 bridgehead atoms. The van der Waals surface area contributed by atoms with Gasteiger partial charge < -0.3 is 14.8 Å². The number of hydrogen-bond acceptors (Lipinski definition) is 5. The van der Waals surface area contributed by atoms with Crippen LogP contribution in [-0.2, 0) is 27.3 Å². The Hall–Kier alpha value is -1.40. The second-order valence-corrected chi connectivity index (χ2v) is 6.73. The van der Waals surface area contributed by atoms with Crippen molar-refractivity contribution in [3.05, 3.63) is 16.0 Å². The van der Waals surface area contributed by atoms with Crippen molar-refractivity contribution in [2.75, 3.05) is 11.9 Å². The van der Waals surface area contributed by atoms with Gasteiger partial charge in [0.1, 0.15) is 5.00 Å². The van der Waals surface area contributed by atoms with E-state index in [0.717, 1.165) is 10.4 Å². The minimum Gasteiger partial charge on any atom is -0.462 e. The Morgan fingerprint density at radius 1 is 1.41 bits per heavy atom. The molecule has 1 N–H and O–H groups in total. The summed E-state index contributed by atoms with van der Waals surface area (Å²) in [5.41, 5.74) is 1.48. The van der Waals surface area contributed by atoms with Gasteiger partial charge in [0.2, 0.25) is 5.91 Å². The summed E-state index contributed by atoms with van der Waals surface area (Å²) in [6.07, 6.45) is 1.14. The summed E-state index contributed by atoms with van der Waals surface area (Å²) in [7, 11) is 0. The number of ether oxygens (including phenoxy) is 2. The summed E-state index contributed by atoms with van der Waals surface area (Å²) in [5.74, 6) is -0.0990. The molecule has 0 unspecified atom stereocenters. The highest BCUT2D eigenvalue weighted by molar-refractivity contribution is 7.17. The number of anilines is 1. The van der Waals surface area contributed by atoms with Gasteiger partial charge in [-0.2, -0.15) is 0 Å². The lowest BCUT2D eigenvalue weighted by Crippen LogP contribution is -2.27. The van der Waals surface area contributed by atoms with Crippen LogP contribution in [0.15, 0.2) is 0 Å². The van der Waals surface area contributed by atoms with E-state index in [-0.39, 0.29) is 18.0 Å². The topological polar surface area (TPSA) is 64.6 Å². The van der Waals surface area contributed by atoms with Gasteiger partial charge in [0, 0.05) is 17.7 Å². The number of nitrogens with one attached hydrogen (secondary N) is 1. The lowest BCUT2D eigenvalue weighted by Gasteiger charge is -2.26. The summed E-state index contributed by atoms with van der Waals surface area (Å²) < 4.78 is 11.0. The largest absolute Gasteiger partial charge is 0.462 e. The number of rotatable bonds is 5. The summed E-state index contributed by atoms with van der Waals surface area (Å²) >= 11 is 1.42. The zero-order chi connectivity index (χ0) is 16.3. The van der Waals surface area contributed by atoms with E-state index >= 15 is 0 Å². The molecule has 22 heavy (non-hydrogen) atoms. The third kappa shape index (κ3) is 3.50. The fourth-order valence-electron chi connectivity index (χ4n) is 2.44. The van der Waals surface area contributed by atoms with Gasteiger partial charge in [-0.25, -0.2) is 4.79 Å². The Bertz CT molecular complexity index is 565. The van der Waals surface area contributed by atoms with E-state index in [0.29, 0.717) is 42.5 Å². The Kier molecular flexibility index (Phi) is 5.58. The summed E-state index contributed by atoms with van der Waals surface area (Å²) in [6.45, 7) is 8.56. The molecule has 0 saturated carbocycles. The Labute approximate surface area is 135 Å². The number of carbonyl (C=O) groups is 2. The molecule has 1 aliphatic rings. The van der Waals surface area contributed by atoms with Gasteiger partial charge >= 0.3 is 5.97 Å². The average Bonchev–Trinajstić information content (AvgIpc) is 2.83. The molecule has 0 fully saturated rings. The fourth-order valence-corrected chi connectivity index (χ4v) is 3.59. The average molecular weight is 325 g/mol. The van der Waals surface area contributed by atoms with E-state index in [9.17, 15) is 9.59 Å². The van der Waals surface area contributed by atoms with Gasteiger partial charge in [-0.3, -0.25) is 4.79 Å². The van der Waals surface area contributed by atoms with Crippen LogP contribution < -0.4 is 5.32 Å². The molecule has 1 aromatic rings. The molecule has 0 radical (unpaired) electrons. The predicted octanol–water partition coefficient (Wildman–Crippen LogP) is 3.37. The third-order valence-electron chi connectivity index (χ3n) is 3.72. The van der Waals surface area contributed by atoms with Crippen LogP contribution in [0.1, 0.15) is 54.9 Å². The first kappa shape index (κ1) is 17.0. The summed E-state index contributed by atoms with van der Waals surface area (Å²) in [5, 5.41) is 3.41. The van der Waals surface area contributed by atoms with Crippen molar-refractivity contribution in [3.8, 4) is 0 Å². The maximum Gasteiger partial charge on any atom is 0.341 e. The van der Waals surface area contributed by atoms with Crippen LogP contribution in [-0.4, -0.2) is 24.6 Å². The van der Waals surface area contributed by atoms with Crippen molar-refractivity contribution in [2.24, 2.45) is 5.92 Å². The van der Waals surface area contributed by atoms with Gasteiger partial charge in [0.15, 0.2) is 0 Å². The van der Waals surface area contributed by atoms with Crippen LogP contribution in [0.4, 0.5) is 5.00 Å². The van der Waals surface area contributed by atoms with E-state index in [2.05, 4.69) is 19.2 Å². The highest BCUT2D eigenvalue weighted by atomic mass is 32.1. The first-order chi connectivity index (χ1) is 10.5. The SMILES string of the molecule is CCOC(=O)c1c(NC(=O)CC)sc2c1C[C@H](C(C)C)OC2. The van der Waals surface area contributed by atoms with E-state index in [1.165, 1.54) is 11.3 Å². The molecule has 1 aliphatic heterocycles. The Morgan fingerprint density at radius 3 is 2.73 bits per heavy atom. The van der Waals surface area contributed by atoms with Crippen molar-refractivity contribution in [1.82, 2.24) is 0 Å². The number of thiophene rings is 1. The van der Waals surface area contributed by atoms with Gasteiger partial charge in [0.05, 0.1) is 24.9 Å². The molecule has 0 spiro atoms. The zero-order valence-electron chi connectivity index (χ0n) is 13.5. The monoisotopic (exact) mass is 325 g/mol. The van der Waals surface area contributed by atoms with Crippen LogP contribution in [0.5, 0.6) is 0 Å². The van der Waals surface area contributed by atoms with Gasteiger partial charge in [-0.05, 0) is 18.4 Å². The summed E-state index contributed by atoms with van der Waals surface area (Å²) in [6, 6.07) is 0. The van der Waals surface area contributed by atoms with Crippen LogP contribution in [0.25, 0.3) is 0 Å². The van der Waals surface area contributed by atoms with Gasteiger partial charge in [0.25, 0.3) is 0 Å². The van der Waals surface area contributed by atoms with Crippen molar-refractivity contribution < 1.29 is 19.1 Å². The van der Waals surface area contributed by atoms with Crippen LogP contribution in [0.2, 0.25) is 0 Å². The molecule has 1 aromatic heterocycles. The van der Waals surface area contributed by atoms with E-state index in [1.54, 1.807) is 13.8 Å². The maximum absolute atomic E-state index is 12.3. The van der Waals surface area contributed by atoms with Gasteiger partial charge in [-0.1, -0.05) is 20.8 Å². The molecule has 1 amide bonds. The standard InChI is InChI=1S/C16H23NO4S/c1-5-13(18)17-15-14(16(19)20-6-2)10-7-11(9(3)4)21-8-12(10)22-15/h9,11H,5-8H2,1-4H3,(H,17,18)/t11-/m1/s1. The molecule has 1 atom stereocenters. The minimum absolute atomic E-state index is 0.0880. The highest BCUT2D eigenvalue weighted by Crippen LogP contribution is 2.39. The molecule has 0 aliphatic carbocycles. The highest BCUT2D eigenvalue weighted by Gasteiger charge is 2.31. The first-order valence-electron chi connectivity index (χ1n) is 7.70. The van der Waals surface area contributed by atoms with Gasteiger partial charge in [-0.15, -0.1) is 11.3 Å². The molecule has 0 aromatic carbocycles. The molecule has 122 valence electrons. The number of esters is 1. The summed E-state index contributed by atoms with van der Waals surface area (Å²) in [4.78, 5) is 25.1. The second kappa shape index (κ2) is 7.24. The van der Waals surface area contributed by atoms with E-state index < -0.39 is 0 Å². The maximum atomic E-state index is 12.3. The Balaban J connectivity index is 2.39. The minimum atomic E-state index is -0.365. The molecule has 0 saturated heterocycles. The molecule has 2 heterocycles. The number of amides is 1. The zero-order valence-corrected chi connectivity index (χ0v) is 14.3. The lowest BCUT2D eigenvalue weighted by molar-refractivity contribution is -0.115. The normalized spacial score (nSPS) is 17.2. The number of carbonyl (C=O) groups excluding carboxylic acids is 2. The second-order valence-electron chi connectivity index (χ2n) is 5.63. The molecule has 6 heteroatoms. The van der Waals surface area contributed by atoms with Crippen molar-refractivity contribution >= 4 is 28.2 Å². The van der Waals surface area contributed by atoms with Crippen LogP contribution in [0.3, 0.4) is 0 Å². The third-order valence-corrected chi connectivity index (χ3v) is 4.84. The van der Waals surface area contributed by atoms with Crippen LogP contribution in [0, 0.1) is 5.92 Å². The smallest absolute Gasteiger partial charge is 0.341 e. The molecule has 2 rings (SSSR count). The van der Waals surface area contributed by atoms with Crippen molar-refractivity contribution in [2.45, 2.75) is 53.2 Å². The fraction of sp³-hybridized carbons (Fsp3) is 0.625. The van der Waals surface area contributed by atoms with Crippen LogP contribution >= 0.6 is 11.3 Å². The number of hydrogen-bond donors (Lipinski definition) is 1.